The van der Waals surface area contributed by atoms with E-state index >= 15 is 0 Å². The molecule has 0 spiro atoms. The van der Waals surface area contributed by atoms with E-state index in [1.165, 1.54) is 5.56 Å². The fourth-order valence-electron chi connectivity index (χ4n) is 5.70. The third kappa shape index (κ3) is 4.40. The van der Waals surface area contributed by atoms with Gasteiger partial charge in [-0.1, -0.05) is 43.3 Å². The number of methoxy groups -OCH3 is 1. The summed E-state index contributed by atoms with van der Waals surface area (Å²) >= 11 is 0. The minimum Gasteiger partial charge on any atom is -0.493 e. The van der Waals surface area contributed by atoms with Crippen molar-refractivity contribution in [3.8, 4) is 11.5 Å². The Morgan fingerprint density at radius 1 is 0.857 bits per heavy atom. The van der Waals surface area contributed by atoms with E-state index in [0.717, 1.165) is 60.2 Å². The molecule has 0 atom stereocenters. The molecule has 0 N–H and O–H groups in total. The molecular formula is C30H33NO4. The standard InChI is InChI=1S/C30H33NO4/c1-3-17-35-26-16-15-21(18-27(26)34-2)28-29-22(11-7-13-24(29)32)31(19-20-9-5-4-6-10-20)23-12-8-14-25(33)30(23)28/h4-6,9-10,15-16,18,28H,3,7-8,11-14,17,19H2,1-2H3. The van der Waals surface area contributed by atoms with Gasteiger partial charge >= 0.3 is 0 Å². The number of carbonyl (C=O) groups is 2. The molecule has 1 aliphatic heterocycles. The molecule has 0 amide bonds. The molecule has 5 rings (SSSR count). The Morgan fingerprint density at radius 3 is 2.11 bits per heavy atom. The summed E-state index contributed by atoms with van der Waals surface area (Å²) < 4.78 is 11.5. The van der Waals surface area contributed by atoms with Crippen molar-refractivity contribution in [2.45, 2.75) is 64.3 Å². The lowest BCUT2D eigenvalue weighted by Gasteiger charge is -2.44. The fourth-order valence-corrected chi connectivity index (χ4v) is 5.70. The van der Waals surface area contributed by atoms with Crippen molar-refractivity contribution in [3.63, 3.8) is 0 Å². The number of ketones is 2. The topological polar surface area (TPSA) is 55.8 Å². The molecule has 0 radical (unpaired) electrons. The third-order valence-electron chi connectivity index (χ3n) is 7.25. The first-order valence-corrected chi connectivity index (χ1v) is 12.8. The third-order valence-corrected chi connectivity index (χ3v) is 7.25. The average Bonchev–Trinajstić information content (AvgIpc) is 2.89. The van der Waals surface area contributed by atoms with Crippen LogP contribution in [-0.2, 0) is 16.1 Å². The van der Waals surface area contributed by atoms with Crippen molar-refractivity contribution >= 4 is 11.6 Å². The van der Waals surface area contributed by atoms with Crippen LogP contribution < -0.4 is 9.47 Å². The molecule has 0 unspecified atom stereocenters. The minimum absolute atomic E-state index is 0.157. The molecule has 5 nitrogen and oxygen atoms in total. The number of Topliss-reactive ketones (excluding diaryl/α,β-unsaturated/α-hetero) is 2. The highest BCUT2D eigenvalue weighted by Gasteiger charge is 2.43. The van der Waals surface area contributed by atoms with Gasteiger partial charge in [-0.3, -0.25) is 9.59 Å². The molecule has 2 aliphatic carbocycles. The quantitative estimate of drug-likeness (QED) is 0.489. The van der Waals surface area contributed by atoms with Gasteiger partial charge in [0.1, 0.15) is 0 Å². The summed E-state index contributed by atoms with van der Waals surface area (Å²) in [5, 5.41) is 0. The zero-order valence-electron chi connectivity index (χ0n) is 20.6. The van der Waals surface area contributed by atoms with Crippen LogP contribution in [0.25, 0.3) is 0 Å². The van der Waals surface area contributed by atoms with Gasteiger partial charge in [0.05, 0.1) is 13.7 Å². The van der Waals surface area contributed by atoms with Gasteiger partial charge in [0.25, 0.3) is 0 Å². The van der Waals surface area contributed by atoms with E-state index in [2.05, 4.69) is 24.0 Å². The molecule has 182 valence electrons. The first kappa shape index (κ1) is 23.4. The van der Waals surface area contributed by atoms with Crippen molar-refractivity contribution < 1.29 is 19.1 Å². The van der Waals surface area contributed by atoms with Gasteiger partial charge in [-0.25, -0.2) is 0 Å². The summed E-state index contributed by atoms with van der Waals surface area (Å²) in [6, 6.07) is 16.2. The average molecular weight is 472 g/mol. The number of ether oxygens (including phenoxy) is 2. The molecule has 5 heteroatoms. The molecule has 0 saturated heterocycles. The van der Waals surface area contributed by atoms with Gasteiger partial charge in [-0.05, 0) is 55.4 Å². The Kier molecular flexibility index (Phi) is 6.76. The molecule has 1 heterocycles. The molecule has 2 aromatic carbocycles. The van der Waals surface area contributed by atoms with Gasteiger partial charge in [-0.15, -0.1) is 0 Å². The van der Waals surface area contributed by atoms with Crippen LogP contribution in [0.4, 0.5) is 0 Å². The fraction of sp³-hybridized carbons (Fsp3) is 0.400. The number of hydrogen-bond donors (Lipinski definition) is 0. The Bertz CT molecular complexity index is 1150. The van der Waals surface area contributed by atoms with Gasteiger partial charge in [0.2, 0.25) is 0 Å². The molecule has 0 saturated carbocycles. The van der Waals surface area contributed by atoms with Crippen LogP contribution in [0.15, 0.2) is 71.1 Å². The van der Waals surface area contributed by atoms with Crippen molar-refractivity contribution in [2.24, 2.45) is 0 Å². The number of hydrogen-bond acceptors (Lipinski definition) is 5. The summed E-state index contributed by atoms with van der Waals surface area (Å²) in [7, 11) is 1.63. The maximum absolute atomic E-state index is 13.5. The molecular weight excluding hydrogens is 438 g/mol. The summed E-state index contributed by atoms with van der Waals surface area (Å²) in [6.07, 6.45) is 5.35. The van der Waals surface area contributed by atoms with Crippen LogP contribution in [-0.4, -0.2) is 30.2 Å². The van der Waals surface area contributed by atoms with E-state index in [1.807, 2.05) is 36.4 Å². The lowest BCUT2D eigenvalue weighted by molar-refractivity contribution is -0.117. The monoisotopic (exact) mass is 471 g/mol. The van der Waals surface area contributed by atoms with E-state index in [4.69, 9.17) is 9.47 Å². The number of allylic oxidation sites excluding steroid dienone is 4. The SMILES string of the molecule is CCCOc1ccc(C2C3=C(CCCC3=O)N(Cc3ccccc3)C3=C2C(=O)CCC3)cc1OC. The molecule has 2 aromatic rings. The lowest BCUT2D eigenvalue weighted by atomic mass is 9.71. The smallest absolute Gasteiger partial charge is 0.161 e. The summed E-state index contributed by atoms with van der Waals surface area (Å²) in [5.41, 5.74) is 5.88. The maximum atomic E-state index is 13.5. The zero-order chi connectivity index (χ0) is 24.4. The summed E-state index contributed by atoms with van der Waals surface area (Å²) in [5.74, 6) is 1.29. The Morgan fingerprint density at radius 2 is 1.51 bits per heavy atom. The largest absolute Gasteiger partial charge is 0.493 e. The van der Waals surface area contributed by atoms with Gasteiger partial charge in [-0.2, -0.15) is 0 Å². The first-order valence-electron chi connectivity index (χ1n) is 12.8. The van der Waals surface area contributed by atoms with Crippen LogP contribution >= 0.6 is 0 Å². The van der Waals surface area contributed by atoms with Crippen molar-refractivity contribution in [2.75, 3.05) is 13.7 Å². The summed E-state index contributed by atoms with van der Waals surface area (Å²) in [4.78, 5) is 29.3. The molecule has 0 fully saturated rings. The number of nitrogens with zero attached hydrogens (tertiary/aromatic N) is 1. The molecule has 35 heavy (non-hydrogen) atoms. The van der Waals surface area contributed by atoms with Crippen LogP contribution in [0, 0.1) is 0 Å². The van der Waals surface area contributed by atoms with Crippen LogP contribution in [0.2, 0.25) is 0 Å². The summed E-state index contributed by atoms with van der Waals surface area (Å²) in [6.45, 7) is 3.35. The minimum atomic E-state index is -0.346. The highest BCUT2D eigenvalue weighted by molar-refractivity contribution is 6.06. The second-order valence-corrected chi connectivity index (χ2v) is 9.54. The van der Waals surface area contributed by atoms with E-state index in [-0.39, 0.29) is 17.5 Å². The maximum Gasteiger partial charge on any atom is 0.161 e. The highest BCUT2D eigenvalue weighted by Crippen LogP contribution is 2.50. The Balaban J connectivity index is 1.66. The Hall–Kier alpha value is -3.34. The van der Waals surface area contributed by atoms with Gasteiger partial charge < -0.3 is 14.4 Å². The van der Waals surface area contributed by atoms with Crippen molar-refractivity contribution in [3.05, 3.63) is 82.2 Å². The number of benzene rings is 2. The normalized spacial score (nSPS) is 18.5. The van der Waals surface area contributed by atoms with Gasteiger partial charge in [0, 0.05) is 47.8 Å². The van der Waals surface area contributed by atoms with E-state index in [0.29, 0.717) is 37.5 Å². The highest BCUT2D eigenvalue weighted by atomic mass is 16.5. The number of rotatable bonds is 7. The van der Waals surface area contributed by atoms with Crippen molar-refractivity contribution in [1.29, 1.82) is 0 Å². The second-order valence-electron chi connectivity index (χ2n) is 9.54. The first-order chi connectivity index (χ1) is 17.1. The van der Waals surface area contributed by atoms with Crippen molar-refractivity contribution in [1.82, 2.24) is 4.90 Å². The lowest BCUT2D eigenvalue weighted by Crippen LogP contribution is -2.38. The Labute approximate surface area is 207 Å². The van der Waals surface area contributed by atoms with E-state index in [9.17, 15) is 9.59 Å². The number of carbonyl (C=O) groups excluding carboxylic acids is 2. The van der Waals surface area contributed by atoms with Crippen LogP contribution in [0.3, 0.4) is 0 Å². The zero-order valence-corrected chi connectivity index (χ0v) is 20.6. The molecule has 0 aromatic heterocycles. The van der Waals surface area contributed by atoms with Crippen LogP contribution in [0.1, 0.15) is 68.9 Å². The van der Waals surface area contributed by atoms with E-state index < -0.39 is 0 Å². The second kappa shape index (κ2) is 10.1. The van der Waals surface area contributed by atoms with Crippen LogP contribution in [0.5, 0.6) is 11.5 Å². The van der Waals surface area contributed by atoms with Gasteiger partial charge in [0.15, 0.2) is 23.1 Å². The molecule has 0 bridgehead atoms. The predicted molar refractivity (Wildman–Crippen MR) is 135 cm³/mol. The predicted octanol–water partition coefficient (Wildman–Crippen LogP) is 6.10. The molecule has 3 aliphatic rings. The van der Waals surface area contributed by atoms with E-state index in [1.54, 1.807) is 7.11 Å².